The fourth-order valence-electron chi connectivity index (χ4n) is 4.21. The lowest BCUT2D eigenvalue weighted by Gasteiger charge is -2.31. The number of rotatable bonds is 4. The topological polar surface area (TPSA) is 76.4 Å². The molecular weight excluding hydrogens is 517 g/mol. The molecule has 13 heteroatoms. The summed E-state index contributed by atoms with van der Waals surface area (Å²) in [5.74, 6) is -0.441. The highest BCUT2D eigenvalue weighted by atomic mass is 35.5. The number of amides is 1. The maximum atomic E-state index is 14.2. The summed E-state index contributed by atoms with van der Waals surface area (Å²) in [5, 5.41) is 9.21. The number of carbonyl (C=O) groups is 1. The summed E-state index contributed by atoms with van der Waals surface area (Å²) in [6.45, 7) is 0.126. The predicted octanol–water partition coefficient (Wildman–Crippen LogP) is 4.82. The molecule has 0 bridgehead atoms. The van der Waals surface area contributed by atoms with Crippen LogP contribution in [0, 0.1) is 0 Å². The van der Waals surface area contributed by atoms with E-state index in [9.17, 15) is 18.0 Å². The Hall–Kier alpha value is -3.38. The normalized spacial score (nSPS) is 16.9. The number of benzene rings is 2. The molecule has 1 aliphatic rings. The molecule has 1 atom stereocenters. The Balaban J connectivity index is 1.49. The molecule has 8 nitrogen and oxygen atoms in total. The molecule has 0 radical (unpaired) electrons. The van der Waals surface area contributed by atoms with Gasteiger partial charge in [-0.25, -0.2) is 4.98 Å². The highest BCUT2D eigenvalue weighted by Gasteiger charge is 2.47. The first-order valence-corrected chi connectivity index (χ1v) is 12.2. The molecule has 4 aromatic rings. The van der Waals surface area contributed by atoms with Crippen LogP contribution in [-0.2, 0) is 0 Å². The van der Waals surface area contributed by atoms with Gasteiger partial charge >= 0.3 is 6.18 Å². The highest BCUT2D eigenvalue weighted by Crippen LogP contribution is 2.35. The summed E-state index contributed by atoms with van der Waals surface area (Å²) >= 11 is 7.43. The zero-order valence-corrected chi connectivity index (χ0v) is 20.5. The zero-order valence-electron chi connectivity index (χ0n) is 18.9. The van der Waals surface area contributed by atoms with Gasteiger partial charge in [-0.1, -0.05) is 22.9 Å². The van der Waals surface area contributed by atoms with Gasteiger partial charge < -0.3 is 14.5 Å². The van der Waals surface area contributed by atoms with E-state index in [-0.39, 0.29) is 37.3 Å². The number of nitrogens with zero attached hydrogens (tertiary/aromatic N) is 6. The molecule has 1 aliphatic heterocycles. The van der Waals surface area contributed by atoms with Gasteiger partial charge in [0.1, 0.15) is 11.8 Å². The Morgan fingerprint density at radius 3 is 2.61 bits per heavy atom. The van der Waals surface area contributed by atoms with Crippen molar-refractivity contribution in [3.8, 4) is 11.4 Å². The van der Waals surface area contributed by atoms with Gasteiger partial charge in [0, 0.05) is 24.7 Å². The third kappa shape index (κ3) is 4.70. The van der Waals surface area contributed by atoms with Crippen molar-refractivity contribution in [1.82, 2.24) is 24.9 Å². The average molecular weight is 537 g/mol. The van der Waals surface area contributed by atoms with Crippen LogP contribution in [0.3, 0.4) is 0 Å². The number of anilines is 1. The van der Waals surface area contributed by atoms with E-state index in [1.165, 1.54) is 41.7 Å². The zero-order chi connectivity index (χ0) is 25.4. The van der Waals surface area contributed by atoms with Gasteiger partial charge in [-0.05, 0) is 42.8 Å². The first-order chi connectivity index (χ1) is 17.2. The first kappa shape index (κ1) is 24.3. The third-order valence-corrected chi connectivity index (χ3v) is 7.31. The lowest BCUT2D eigenvalue weighted by atomic mass is 10.1. The fourth-order valence-corrected chi connectivity index (χ4v) is 5.38. The van der Waals surface area contributed by atoms with Crippen molar-refractivity contribution in [3.63, 3.8) is 0 Å². The molecule has 1 saturated heterocycles. The molecule has 2 aromatic carbocycles. The van der Waals surface area contributed by atoms with Gasteiger partial charge in [0.2, 0.25) is 0 Å². The van der Waals surface area contributed by atoms with Crippen LogP contribution in [0.2, 0.25) is 5.02 Å². The SMILES string of the molecule is COc1ccc(-n2nccn2)c(C(=O)N2CCN(c3nc4cc(Cl)ccc4s3)CCC2C(F)(F)F)c1. The molecule has 0 aliphatic carbocycles. The third-order valence-electron chi connectivity index (χ3n) is 5.98. The molecule has 36 heavy (non-hydrogen) atoms. The van der Waals surface area contributed by atoms with Crippen LogP contribution in [0.15, 0.2) is 48.8 Å². The van der Waals surface area contributed by atoms with Crippen LogP contribution >= 0.6 is 22.9 Å². The van der Waals surface area contributed by atoms with E-state index in [0.717, 1.165) is 9.60 Å². The minimum absolute atomic E-state index is 0.0166. The van der Waals surface area contributed by atoms with Crippen LogP contribution in [0.1, 0.15) is 16.8 Å². The van der Waals surface area contributed by atoms with Crippen molar-refractivity contribution >= 4 is 44.2 Å². The van der Waals surface area contributed by atoms with Crippen molar-refractivity contribution in [2.75, 3.05) is 31.6 Å². The van der Waals surface area contributed by atoms with Gasteiger partial charge in [-0.3, -0.25) is 4.79 Å². The van der Waals surface area contributed by atoms with Gasteiger partial charge in [0.05, 0.1) is 41.0 Å². The second kappa shape index (κ2) is 9.58. The van der Waals surface area contributed by atoms with E-state index < -0.39 is 18.1 Å². The Morgan fingerprint density at radius 2 is 1.89 bits per heavy atom. The smallest absolute Gasteiger partial charge is 0.408 e. The molecule has 3 heterocycles. The number of carbonyl (C=O) groups excluding carboxylic acids is 1. The largest absolute Gasteiger partial charge is 0.497 e. The standard InChI is InChI=1S/C23H20ClF3N6O2S/c1-35-15-3-4-18(33-28-7-8-29-33)16(13-15)21(34)32-11-10-31(9-6-20(32)23(25,26)27)22-30-17-12-14(24)2-5-19(17)36-22/h2-5,7-8,12-13,20H,6,9-11H2,1H3. The quantitative estimate of drug-likeness (QED) is 0.372. The maximum absolute atomic E-state index is 14.2. The lowest BCUT2D eigenvalue weighted by Crippen LogP contribution is -2.49. The Labute approximate surface area is 212 Å². The number of halogens is 4. The first-order valence-electron chi connectivity index (χ1n) is 11.0. The van der Waals surface area contributed by atoms with Crippen LogP contribution in [0.5, 0.6) is 5.75 Å². The van der Waals surface area contributed by atoms with Crippen molar-refractivity contribution in [1.29, 1.82) is 0 Å². The van der Waals surface area contributed by atoms with E-state index in [1.54, 1.807) is 29.2 Å². The summed E-state index contributed by atoms with van der Waals surface area (Å²) in [5.41, 5.74) is 0.957. The number of fused-ring (bicyclic) bond motifs is 1. The number of thiazole rings is 1. The van der Waals surface area contributed by atoms with E-state index >= 15 is 0 Å². The lowest BCUT2D eigenvalue weighted by molar-refractivity contribution is -0.176. The second-order valence-corrected chi connectivity index (χ2v) is 9.59. The number of ether oxygens (including phenoxy) is 1. The van der Waals surface area contributed by atoms with Crippen molar-refractivity contribution in [2.24, 2.45) is 0 Å². The summed E-state index contributed by atoms with van der Waals surface area (Å²) < 4.78 is 48.8. The summed E-state index contributed by atoms with van der Waals surface area (Å²) in [4.78, 5) is 22.1. The Morgan fingerprint density at radius 1 is 1.11 bits per heavy atom. The average Bonchev–Trinajstić information content (AvgIpc) is 3.47. The van der Waals surface area contributed by atoms with Gasteiger partial charge in [-0.2, -0.15) is 28.2 Å². The molecule has 2 aromatic heterocycles. The molecule has 1 unspecified atom stereocenters. The number of hydrogen-bond donors (Lipinski definition) is 0. The van der Waals surface area contributed by atoms with Crippen LogP contribution in [0.25, 0.3) is 15.9 Å². The Kier molecular flexibility index (Phi) is 6.47. The monoisotopic (exact) mass is 536 g/mol. The fraction of sp³-hybridized carbons (Fsp3) is 0.304. The van der Waals surface area contributed by atoms with Crippen LogP contribution in [-0.4, -0.2) is 69.7 Å². The van der Waals surface area contributed by atoms with Crippen molar-refractivity contribution < 1.29 is 22.7 Å². The van der Waals surface area contributed by atoms with Gasteiger partial charge in [-0.15, -0.1) is 0 Å². The van der Waals surface area contributed by atoms with E-state index in [0.29, 0.717) is 21.4 Å². The number of alkyl halides is 3. The van der Waals surface area contributed by atoms with Crippen molar-refractivity contribution in [3.05, 3.63) is 59.4 Å². The van der Waals surface area contributed by atoms with Gasteiger partial charge in [0.25, 0.3) is 5.91 Å². The molecular formula is C23H20ClF3N6O2S. The minimum Gasteiger partial charge on any atom is -0.497 e. The minimum atomic E-state index is -4.62. The molecule has 188 valence electrons. The van der Waals surface area contributed by atoms with E-state index in [1.807, 2.05) is 6.07 Å². The summed E-state index contributed by atoms with van der Waals surface area (Å²) in [6, 6.07) is 7.88. The second-order valence-electron chi connectivity index (χ2n) is 8.14. The molecule has 0 saturated carbocycles. The summed E-state index contributed by atoms with van der Waals surface area (Å²) in [6.07, 6.45) is -2.07. The van der Waals surface area contributed by atoms with Crippen LogP contribution < -0.4 is 9.64 Å². The molecule has 1 amide bonds. The molecule has 1 fully saturated rings. The highest BCUT2D eigenvalue weighted by molar-refractivity contribution is 7.22. The van der Waals surface area contributed by atoms with Crippen molar-refractivity contribution in [2.45, 2.75) is 18.6 Å². The van der Waals surface area contributed by atoms with E-state index in [2.05, 4.69) is 15.2 Å². The Bertz CT molecular complexity index is 1390. The number of aromatic nitrogens is 4. The molecule has 0 spiro atoms. The molecule has 0 N–H and O–H groups in total. The van der Waals surface area contributed by atoms with Gasteiger partial charge in [0.15, 0.2) is 5.13 Å². The molecule has 5 rings (SSSR count). The van der Waals surface area contributed by atoms with E-state index in [4.69, 9.17) is 16.3 Å². The number of hydrogen-bond acceptors (Lipinski definition) is 7. The summed E-state index contributed by atoms with van der Waals surface area (Å²) in [7, 11) is 1.42. The number of methoxy groups -OCH3 is 1. The van der Waals surface area contributed by atoms with Crippen LogP contribution in [0.4, 0.5) is 18.3 Å². The maximum Gasteiger partial charge on any atom is 0.408 e. The predicted molar refractivity (Wildman–Crippen MR) is 130 cm³/mol.